The smallest absolute Gasteiger partial charge is 0.255 e. The highest BCUT2D eigenvalue weighted by Gasteiger charge is 2.12. The van der Waals surface area contributed by atoms with E-state index >= 15 is 0 Å². The molecule has 0 unspecified atom stereocenters. The molecule has 7 nitrogen and oxygen atoms in total. The molecule has 0 atom stereocenters. The topological polar surface area (TPSA) is 79.4 Å². The molecule has 2 N–H and O–H groups in total. The fourth-order valence-corrected chi connectivity index (χ4v) is 3.94. The van der Waals surface area contributed by atoms with E-state index in [4.69, 9.17) is 4.74 Å². The molecule has 3 aromatic carbocycles. The van der Waals surface area contributed by atoms with Crippen LogP contribution in [0, 0.1) is 0 Å². The first kappa shape index (κ1) is 22.6. The fourth-order valence-electron chi connectivity index (χ4n) is 3.94. The largest absolute Gasteiger partial charge is 0.378 e. The number of hydrogen-bond donors (Lipinski definition) is 2. The second-order valence-electron chi connectivity index (χ2n) is 8.32. The van der Waals surface area contributed by atoms with Crippen LogP contribution in [-0.4, -0.2) is 42.4 Å². The average molecular weight is 466 g/mol. The molecule has 1 aliphatic rings. The molecule has 176 valence electrons. The van der Waals surface area contributed by atoms with Gasteiger partial charge < -0.3 is 20.3 Å². The van der Waals surface area contributed by atoms with Crippen molar-refractivity contribution in [1.82, 2.24) is 10.2 Å². The molecule has 0 spiro atoms. The third-order valence-corrected chi connectivity index (χ3v) is 5.93. The molecule has 4 aromatic rings. The van der Waals surface area contributed by atoms with E-state index in [-0.39, 0.29) is 5.91 Å². The number of hydrogen-bond acceptors (Lipinski definition) is 6. The number of aromatic nitrogens is 2. The predicted molar refractivity (Wildman–Crippen MR) is 139 cm³/mol. The molecule has 5 rings (SSSR count). The molecular formula is C28H27N5O2. The molecule has 1 aromatic heterocycles. The van der Waals surface area contributed by atoms with Gasteiger partial charge in [-0.25, -0.2) is 0 Å². The number of rotatable bonds is 7. The van der Waals surface area contributed by atoms with Gasteiger partial charge in [0.1, 0.15) is 5.82 Å². The lowest BCUT2D eigenvalue weighted by atomic mass is 10.1. The number of nitrogens with one attached hydrogen (secondary N) is 2. The molecule has 1 amide bonds. The minimum Gasteiger partial charge on any atom is -0.378 e. The number of nitrogens with zero attached hydrogens (tertiary/aromatic N) is 3. The fraction of sp³-hybridized carbons (Fsp3) is 0.179. The van der Waals surface area contributed by atoms with Crippen LogP contribution in [0.3, 0.4) is 0 Å². The van der Waals surface area contributed by atoms with Crippen molar-refractivity contribution in [2.75, 3.05) is 41.8 Å². The third-order valence-electron chi connectivity index (χ3n) is 5.93. The maximum atomic E-state index is 12.7. The summed E-state index contributed by atoms with van der Waals surface area (Å²) < 4.78 is 5.40. The highest BCUT2D eigenvalue weighted by atomic mass is 16.5. The number of carbonyl (C=O) groups is 1. The molecule has 7 heteroatoms. The molecule has 0 radical (unpaired) electrons. The van der Waals surface area contributed by atoms with Crippen LogP contribution in [0.15, 0.2) is 91.0 Å². The highest BCUT2D eigenvalue weighted by molar-refractivity contribution is 6.04. The van der Waals surface area contributed by atoms with Crippen LogP contribution in [0.25, 0.3) is 11.3 Å². The van der Waals surface area contributed by atoms with E-state index in [1.54, 1.807) is 12.1 Å². The lowest BCUT2D eigenvalue weighted by molar-refractivity contribution is 0.102. The van der Waals surface area contributed by atoms with Crippen molar-refractivity contribution in [1.29, 1.82) is 0 Å². The average Bonchev–Trinajstić information content (AvgIpc) is 2.94. The van der Waals surface area contributed by atoms with Gasteiger partial charge in [-0.15, -0.1) is 10.2 Å². The molecule has 0 saturated carbocycles. The standard InChI is InChI=1S/C28H27N5O2/c34-28(30-24-10-12-25(13-11-24)33-16-18-35-19-17-33)23-8-6-22(7-9-23)26-14-15-27(32-31-26)29-20-21-4-2-1-3-5-21/h1-15H,16-20H2,(H,29,32)(H,30,34). The van der Waals surface area contributed by atoms with E-state index in [0.29, 0.717) is 17.9 Å². The second kappa shape index (κ2) is 10.8. The van der Waals surface area contributed by atoms with Crippen LogP contribution in [0.5, 0.6) is 0 Å². The Hall–Kier alpha value is -4.23. The molecular weight excluding hydrogens is 438 g/mol. The van der Waals surface area contributed by atoms with Crippen molar-refractivity contribution in [3.63, 3.8) is 0 Å². The molecule has 0 aliphatic carbocycles. The number of ether oxygens (including phenoxy) is 1. The Balaban J connectivity index is 1.17. The summed E-state index contributed by atoms with van der Waals surface area (Å²) in [6.45, 7) is 3.95. The molecule has 35 heavy (non-hydrogen) atoms. The van der Waals surface area contributed by atoms with Crippen LogP contribution >= 0.6 is 0 Å². The number of carbonyl (C=O) groups excluding carboxylic acids is 1. The van der Waals surface area contributed by atoms with Crippen LogP contribution in [0.4, 0.5) is 17.2 Å². The van der Waals surface area contributed by atoms with Crippen molar-refractivity contribution in [2.24, 2.45) is 0 Å². The number of amides is 1. The van der Waals surface area contributed by atoms with E-state index in [1.807, 2.05) is 66.7 Å². The summed E-state index contributed by atoms with van der Waals surface area (Å²) >= 11 is 0. The molecule has 1 fully saturated rings. The van der Waals surface area contributed by atoms with Crippen molar-refractivity contribution in [3.05, 3.63) is 102 Å². The number of anilines is 3. The van der Waals surface area contributed by atoms with E-state index < -0.39 is 0 Å². The first-order chi connectivity index (χ1) is 17.2. The van der Waals surface area contributed by atoms with Gasteiger partial charge >= 0.3 is 0 Å². The van der Waals surface area contributed by atoms with Gasteiger partial charge in [-0.1, -0.05) is 42.5 Å². The van der Waals surface area contributed by atoms with E-state index in [1.165, 1.54) is 5.56 Å². The van der Waals surface area contributed by atoms with Gasteiger partial charge in [0.2, 0.25) is 0 Å². The van der Waals surface area contributed by atoms with Gasteiger partial charge in [0.25, 0.3) is 5.91 Å². The normalized spacial score (nSPS) is 13.3. The first-order valence-electron chi connectivity index (χ1n) is 11.7. The van der Waals surface area contributed by atoms with Gasteiger partial charge in [0.15, 0.2) is 0 Å². The summed E-state index contributed by atoms with van der Waals surface area (Å²) in [4.78, 5) is 15.0. The third kappa shape index (κ3) is 5.83. The van der Waals surface area contributed by atoms with E-state index in [9.17, 15) is 4.79 Å². The van der Waals surface area contributed by atoms with E-state index in [2.05, 4.69) is 37.9 Å². The first-order valence-corrected chi connectivity index (χ1v) is 11.7. The Bertz CT molecular complexity index is 1240. The zero-order chi connectivity index (χ0) is 23.9. The summed E-state index contributed by atoms with van der Waals surface area (Å²) in [5, 5.41) is 14.8. The Morgan fingerprint density at radius 2 is 1.57 bits per heavy atom. The van der Waals surface area contributed by atoms with Crippen molar-refractivity contribution >= 4 is 23.1 Å². The van der Waals surface area contributed by atoms with Crippen LogP contribution in [-0.2, 0) is 11.3 Å². The minimum atomic E-state index is -0.151. The SMILES string of the molecule is O=C(Nc1ccc(N2CCOCC2)cc1)c1ccc(-c2ccc(NCc3ccccc3)nn2)cc1. The monoisotopic (exact) mass is 465 g/mol. The van der Waals surface area contributed by atoms with Crippen LogP contribution in [0.2, 0.25) is 0 Å². The molecule has 1 aliphatic heterocycles. The molecule has 0 bridgehead atoms. The van der Waals surface area contributed by atoms with Crippen LogP contribution in [0.1, 0.15) is 15.9 Å². The zero-order valence-electron chi connectivity index (χ0n) is 19.4. The minimum absolute atomic E-state index is 0.151. The van der Waals surface area contributed by atoms with Gasteiger partial charge in [-0.3, -0.25) is 4.79 Å². The molecule has 1 saturated heterocycles. The molecule has 2 heterocycles. The summed E-state index contributed by atoms with van der Waals surface area (Å²) in [5.74, 6) is 0.565. The summed E-state index contributed by atoms with van der Waals surface area (Å²) in [5.41, 5.74) is 5.32. The number of benzene rings is 3. The summed E-state index contributed by atoms with van der Waals surface area (Å²) in [6.07, 6.45) is 0. The lowest BCUT2D eigenvalue weighted by Gasteiger charge is -2.28. The van der Waals surface area contributed by atoms with Gasteiger partial charge in [-0.05, 0) is 54.1 Å². The van der Waals surface area contributed by atoms with Gasteiger partial charge in [0.05, 0.1) is 18.9 Å². The summed E-state index contributed by atoms with van der Waals surface area (Å²) in [7, 11) is 0. The Labute approximate surface area is 204 Å². The lowest BCUT2D eigenvalue weighted by Crippen LogP contribution is -2.36. The van der Waals surface area contributed by atoms with Gasteiger partial charge in [0, 0.05) is 42.1 Å². The second-order valence-corrected chi connectivity index (χ2v) is 8.32. The Kier molecular flexibility index (Phi) is 6.96. The predicted octanol–water partition coefficient (Wildman–Crippen LogP) is 4.84. The number of morpholine rings is 1. The van der Waals surface area contributed by atoms with E-state index in [0.717, 1.165) is 48.9 Å². The maximum Gasteiger partial charge on any atom is 0.255 e. The van der Waals surface area contributed by atoms with Crippen LogP contribution < -0.4 is 15.5 Å². The Morgan fingerprint density at radius 3 is 2.26 bits per heavy atom. The maximum absolute atomic E-state index is 12.7. The van der Waals surface area contributed by atoms with Gasteiger partial charge in [-0.2, -0.15) is 0 Å². The quantitative estimate of drug-likeness (QED) is 0.406. The Morgan fingerprint density at radius 1 is 0.829 bits per heavy atom. The van der Waals surface area contributed by atoms with Crippen molar-refractivity contribution in [3.8, 4) is 11.3 Å². The highest BCUT2D eigenvalue weighted by Crippen LogP contribution is 2.21. The summed E-state index contributed by atoms with van der Waals surface area (Å²) in [6, 6.07) is 29.3. The van der Waals surface area contributed by atoms with Crippen molar-refractivity contribution < 1.29 is 9.53 Å². The van der Waals surface area contributed by atoms with Crippen molar-refractivity contribution in [2.45, 2.75) is 6.54 Å². The zero-order valence-corrected chi connectivity index (χ0v) is 19.4.